The molecular weight excluding hydrogens is 300 g/mol. The molecule has 0 aromatic heterocycles. The largest absolute Gasteiger partial charge is 0.381 e. The van der Waals surface area contributed by atoms with Crippen LogP contribution in [-0.2, 0) is 11.3 Å². The standard InChI is InChI=1S/C20H30N2O2/c23-20(21-11-9-18-10-14-24-16-18)19-7-5-17(6-8-19)15-22-12-3-1-2-4-13-22/h5-8,18H,1-4,9-16H2,(H,21,23). The smallest absolute Gasteiger partial charge is 0.251 e. The van der Waals surface area contributed by atoms with E-state index in [9.17, 15) is 4.79 Å². The normalized spacial score (nSPS) is 22.2. The highest BCUT2D eigenvalue weighted by Crippen LogP contribution is 2.16. The van der Waals surface area contributed by atoms with Gasteiger partial charge in [0.05, 0.1) is 0 Å². The van der Waals surface area contributed by atoms with E-state index in [4.69, 9.17) is 4.74 Å². The fourth-order valence-electron chi connectivity index (χ4n) is 3.62. The van der Waals surface area contributed by atoms with E-state index in [2.05, 4.69) is 22.3 Å². The topological polar surface area (TPSA) is 41.6 Å². The van der Waals surface area contributed by atoms with Gasteiger partial charge in [0.1, 0.15) is 0 Å². The van der Waals surface area contributed by atoms with Crippen molar-refractivity contribution in [2.75, 3.05) is 32.8 Å². The second kappa shape index (κ2) is 9.19. The zero-order chi connectivity index (χ0) is 16.6. The zero-order valence-electron chi connectivity index (χ0n) is 14.6. The fourth-order valence-corrected chi connectivity index (χ4v) is 3.62. The van der Waals surface area contributed by atoms with Crippen LogP contribution in [0.15, 0.2) is 24.3 Å². The predicted molar refractivity (Wildman–Crippen MR) is 96.1 cm³/mol. The van der Waals surface area contributed by atoms with Gasteiger partial charge < -0.3 is 10.1 Å². The molecule has 2 saturated heterocycles. The highest BCUT2D eigenvalue weighted by molar-refractivity contribution is 5.94. The molecule has 24 heavy (non-hydrogen) atoms. The molecule has 1 atom stereocenters. The molecule has 2 heterocycles. The maximum absolute atomic E-state index is 12.2. The maximum atomic E-state index is 12.2. The minimum atomic E-state index is 0.0373. The molecule has 0 radical (unpaired) electrons. The average molecular weight is 330 g/mol. The van der Waals surface area contributed by atoms with Crippen molar-refractivity contribution >= 4 is 5.91 Å². The molecule has 1 amide bonds. The molecule has 1 aromatic carbocycles. The van der Waals surface area contributed by atoms with Gasteiger partial charge in [-0.3, -0.25) is 9.69 Å². The summed E-state index contributed by atoms with van der Waals surface area (Å²) in [5.41, 5.74) is 2.06. The number of amides is 1. The van der Waals surface area contributed by atoms with Crippen molar-refractivity contribution in [1.82, 2.24) is 10.2 Å². The number of carbonyl (C=O) groups is 1. The van der Waals surface area contributed by atoms with Crippen molar-refractivity contribution in [2.45, 2.75) is 45.1 Å². The van der Waals surface area contributed by atoms with Crippen LogP contribution in [0.3, 0.4) is 0 Å². The van der Waals surface area contributed by atoms with E-state index >= 15 is 0 Å². The van der Waals surface area contributed by atoms with E-state index in [-0.39, 0.29) is 5.91 Å². The Morgan fingerprint density at radius 1 is 1.12 bits per heavy atom. The van der Waals surface area contributed by atoms with Gasteiger partial charge in [-0.1, -0.05) is 25.0 Å². The van der Waals surface area contributed by atoms with Crippen molar-refractivity contribution in [1.29, 1.82) is 0 Å². The van der Waals surface area contributed by atoms with E-state index in [0.717, 1.165) is 44.7 Å². The summed E-state index contributed by atoms with van der Waals surface area (Å²) in [5.74, 6) is 0.650. The number of rotatable bonds is 6. The molecular formula is C20H30N2O2. The first-order valence-electron chi connectivity index (χ1n) is 9.48. The Morgan fingerprint density at radius 3 is 2.54 bits per heavy atom. The molecule has 2 fully saturated rings. The van der Waals surface area contributed by atoms with Gasteiger partial charge in [-0.25, -0.2) is 0 Å². The SMILES string of the molecule is O=C(NCCC1CCOC1)c1ccc(CN2CCCCCC2)cc1. The monoisotopic (exact) mass is 330 g/mol. The van der Waals surface area contributed by atoms with E-state index in [0.29, 0.717) is 5.92 Å². The predicted octanol–water partition coefficient (Wildman–Crippen LogP) is 3.22. The Bertz CT molecular complexity index is 501. The first kappa shape index (κ1) is 17.4. The zero-order valence-corrected chi connectivity index (χ0v) is 14.6. The Labute approximate surface area is 145 Å². The fraction of sp³-hybridized carbons (Fsp3) is 0.650. The van der Waals surface area contributed by atoms with Gasteiger partial charge in [-0.15, -0.1) is 0 Å². The lowest BCUT2D eigenvalue weighted by molar-refractivity contribution is 0.0950. The second-order valence-corrected chi connectivity index (χ2v) is 7.16. The third-order valence-electron chi connectivity index (χ3n) is 5.18. The molecule has 2 aliphatic heterocycles. The summed E-state index contributed by atoms with van der Waals surface area (Å²) in [6.45, 7) is 5.87. The van der Waals surface area contributed by atoms with Gasteiger partial charge in [-0.05, 0) is 62.4 Å². The first-order chi connectivity index (χ1) is 11.8. The van der Waals surface area contributed by atoms with Crippen LogP contribution in [0.1, 0.15) is 54.4 Å². The van der Waals surface area contributed by atoms with Crippen LogP contribution in [0.2, 0.25) is 0 Å². The third kappa shape index (κ3) is 5.32. The van der Waals surface area contributed by atoms with Gasteiger partial charge in [-0.2, -0.15) is 0 Å². The van der Waals surface area contributed by atoms with Crippen LogP contribution in [-0.4, -0.2) is 43.7 Å². The van der Waals surface area contributed by atoms with Crippen LogP contribution in [0.25, 0.3) is 0 Å². The van der Waals surface area contributed by atoms with Gasteiger partial charge >= 0.3 is 0 Å². The van der Waals surface area contributed by atoms with Gasteiger partial charge in [0.25, 0.3) is 5.91 Å². The lowest BCUT2D eigenvalue weighted by atomic mass is 10.1. The molecule has 0 bridgehead atoms. The van der Waals surface area contributed by atoms with Crippen molar-refractivity contribution in [3.63, 3.8) is 0 Å². The van der Waals surface area contributed by atoms with Gasteiger partial charge in [0.15, 0.2) is 0 Å². The molecule has 1 aromatic rings. The summed E-state index contributed by atoms with van der Waals surface area (Å²) in [4.78, 5) is 14.7. The number of carbonyl (C=O) groups excluding carboxylic acids is 1. The number of nitrogens with zero attached hydrogens (tertiary/aromatic N) is 1. The van der Waals surface area contributed by atoms with E-state index < -0.39 is 0 Å². The molecule has 0 aliphatic carbocycles. The summed E-state index contributed by atoms with van der Waals surface area (Å²) in [5, 5.41) is 3.03. The van der Waals surface area contributed by atoms with Crippen molar-refractivity contribution < 1.29 is 9.53 Å². The lowest BCUT2D eigenvalue weighted by Crippen LogP contribution is -2.26. The number of likely N-dealkylation sites (tertiary alicyclic amines) is 1. The minimum Gasteiger partial charge on any atom is -0.381 e. The second-order valence-electron chi connectivity index (χ2n) is 7.16. The van der Waals surface area contributed by atoms with Crippen LogP contribution < -0.4 is 5.32 Å². The Kier molecular flexibility index (Phi) is 6.67. The number of ether oxygens (including phenoxy) is 1. The molecule has 4 nitrogen and oxygen atoms in total. The van der Waals surface area contributed by atoms with Gasteiger partial charge in [0, 0.05) is 31.9 Å². The summed E-state index contributed by atoms with van der Waals surface area (Å²) >= 11 is 0. The summed E-state index contributed by atoms with van der Waals surface area (Å²) < 4.78 is 5.37. The molecule has 0 spiro atoms. The molecule has 0 saturated carbocycles. The molecule has 132 valence electrons. The van der Waals surface area contributed by atoms with Crippen molar-refractivity contribution in [3.05, 3.63) is 35.4 Å². The molecule has 1 N–H and O–H groups in total. The molecule has 1 unspecified atom stereocenters. The number of hydrogen-bond donors (Lipinski definition) is 1. The number of benzene rings is 1. The van der Waals surface area contributed by atoms with Crippen molar-refractivity contribution in [2.24, 2.45) is 5.92 Å². The van der Waals surface area contributed by atoms with Crippen molar-refractivity contribution in [3.8, 4) is 0 Å². The highest BCUT2D eigenvalue weighted by atomic mass is 16.5. The van der Waals surface area contributed by atoms with Gasteiger partial charge in [0.2, 0.25) is 0 Å². The maximum Gasteiger partial charge on any atom is 0.251 e. The average Bonchev–Trinajstić information content (AvgIpc) is 2.99. The van der Waals surface area contributed by atoms with Crippen LogP contribution in [0.5, 0.6) is 0 Å². The Hall–Kier alpha value is -1.39. The van der Waals surface area contributed by atoms with E-state index in [1.54, 1.807) is 0 Å². The molecule has 4 heteroatoms. The Morgan fingerprint density at radius 2 is 1.88 bits per heavy atom. The number of nitrogens with one attached hydrogen (secondary N) is 1. The summed E-state index contributed by atoms with van der Waals surface area (Å²) in [7, 11) is 0. The van der Waals surface area contributed by atoms with E-state index in [1.165, 1.54) is 44.3 Å². The lowest BCUT2D eigenvalue weighted by Gasteiger charge is -2.19. The van der Waals surface area contributed by atoms with Crippen LogP contribution >= 0.6 is 0 Å². The van der Waals surface area contributed by atoms with Crippen LogP contribution in [0, 0.1) is 5.92 Å². The summed E-state index contributed by atoms with van der Waals surface area (Å²) in [6.07, 6.45) is 7.49. The first-order valence-corrected chi connectivity index (χ1v) is 9.48. The Balaban J connectivity index is 1.43. The highest BCUT2D eigenvalue weighted by Gasteiger charge is 2.15. The molecule has 2 aliphatic rings. The van der Waals surface area contributed by atoms with E-state index in [1.807, 2.05) is 12.1 Å². The van der Waals surface area contributed by atoms with Crippen LogP contribution in [0.4, 0.5) is 0 Å². The molecule has 3 rings (SSSR count). The third-order valence-corrected chi connectivity index (χ3v) is 5.18. The minimum absolute atomic E-state index is 0.0373. The summed E-state index contributed by atoms with van der Waals surface area (Å²) in [6, 6.07) is 8.12. The number of hydrogen-bond acceptors (Lipinski definition) is 3. The quantitative estimate of drug-likeness (QED) is 0.871.